The average Bonchev–Trinajstić information content (AvgIpc) is 2.78. The fraction of sp³-hybridized carbons (Fsp3) is 0.679. The van der Waals surface area contributed by atoms with Gasteiger partial charge in [0, 0.05) is 18.4 Å². The van der Waals surface area contributed by atoms with Crippen LogP contribution in [0.25, 0.3) is 0 Å². The van der Waals surface area contributed by atoms with Crippen LogP contribution in [0.3, 0.4) is 0 Å². The van der Waals surface area contributed by atoms with Gasteiger partial charge in [0.2, 0.25) is 12.6 Å². The number of rotatable bonds is 19. The van der Waals surface area contributed by atoms with Crippen molar-refractivity contribution >= 4 is 5.97 Å². The molecule has 0 aliphatic carbocycles. The maximum Gasteiger partial charge on any atom is 0.335 e. The highest BCUT2D eigenvalue weighted by Gasteiger charge is 2.21. The van der Waals surface area contributed by atoms with Gasteiger partial charge in [0.15, 0.2) is 0 Å². The fourth-order valence-corrected chi connectivity index (χ4v) is 3.55. The van der Waals surface area contributed by atoms with Crippen molar-refractivity contribution < 1.29 is 19.0 Å². The van der Waals surface area contributed by atoms with Gasteiger partial charge in [0.05, 0.1) is 0 Å². The Morgan fingerprint density at radius 2 is 1.44 bits per heavy atom. The Morgan fingerprint density at radius 1 is 0.844 bits per heavy atom. The summed E-state index contributed by atoms with van der Waals surface area (Å²) in [7, 11) is 0. The van der Waals surface area contributed by atoms with Crippen molar-refractivity contribution in [1.29, 1.82) is 0 Å². The van der Waals surface area contributed by atoms with Gasteiger partial charge in [-0.05, 0) is 37.5 Å². The largest absolute Gasteiger partial charge is 0.465 e. The average molecular weight is 447 g/mol. The highest BCUT2D eigenvalue weighted by atomic mass is 16.8. The molecule has 0 aromatic heterocycles. The molecular formula is C28H46O4. The van der Waals surface area contributed by atoms with Crippen LogP contribution in [0.4, 0.5) is 0 Å². The van der Waals surface area contributed by atoms with Crippen molar-refractivity contribution in [2.24, 2.45) is 0 Å². The Kier molecular flexibility index (Phi) is 15.6. The summed E-state index contributed by atoms with van der Waals surface area (Å²) in [5.74, 6) is 0.356. The van der Waals surface area contributed by atoms with Crippen LogP contribution in [0, 0.1) is 0 Å². The lowest BCUT2D eigenvalue weighted by Crippen LogP contribution is -2.30. The Labute approximate surface area is 196 Å². The molecule has 0 N–H and O–H groups in total. The predicted octanol–water partition coefficient (Wildman–Crippen LogP) is 8.14. The van der Waals surface area contributed by atoms with E-state index in [1.165, 1.54) is 50.5 Å². The van der Waals surface area contributed by atoms with Crippen molar-refractivity contribution in [3.63, 3.8) is 0 Å². The van der Waals surface area contributed by atoms with Crippen LogP contribution in [0.2, 0.25) is 0 Å². The van der Waals surface area contributed by atoms with E-state index in [4.69, 9.17) is 14.2 Å². The van der Waals surface area contributed by atoms with Crippen molar-refractivity contribution in [3.05, 3.63) is 42.0 Å². The van der Waals surface area contributed by atoms with E-state index in [2.05, 4.69) is 32.6 Å². The van der Waals surface area contributed by atoms with Gasteiger partial charge in [-0.25, -0.2) is 4.79 Å². The lowest BCUT2D eigenvalue weighted by Gasteiger charge is -2.25. The summed E-state index contributed by atoms with van der Waals surface area (Å²) >= 11 is 0. The molecule has 32 heavy (non-hydrogen) atoms. The van der Waals surface area contributed by atoms with Crippen molar-refractivity contribution in [2.45, 2.75) is 124 Å². The van der Waals surface area contributed by atoms with Gasteiger partial charge in [-0.3, -0.25) is 0 Å². The summed E-state index contributed by atoms with van der Waals surface area (Å²) in [4.78, 5) is 12.1. The Hall–Kier alpha value is -1.81. The van der Waals surface area contributed by atoms with Gasteiger partial charge in [-0.2, -0.15) is 0 Å². The van der Waals surface area contributed by atoms with Gasteiger partial charge in [0.1, 0.15) is 5.75 Å². The molecule has 1 aromatic carbocycles. The number of hydrogen-bond donors (Lipinski definition) is 0. The first-order valence-corrected chi connectivity index (χ1v) is 12.8. The molecule has 0 saturated carbocycles. The topological polar surface area (TPSA) is 44.8 Å². The fourth-order valence-electron chi connectivity index (χ4n) is 3.55. The second-order valence-electron chi connectivity index (χ2n) is 8.72. The Balaban J connectivity index is 2.50. The van der Waals surface area contributed by atoms with E-state index in [0.717, 1.165) is 31.4 Å². The number of ether oxygens (including phenoxy) is 3. The van der Waals surface area contributed by atoms with Crippen LogP contribution < -0.4 is 4.74 Å². The van der Waals surface area contributed by atoms with E-state index in [1.807, 2.05) is 19.1 Å². The summed E-state index contributed by atoms with van der Waals surface area (Å²) < 4.78 is 17.7. The number of carbonyl (C=O) groups is 1. The van der Waals surface area contributed by atoms with E-state index >= 15 is 0 Å². The first-order chi connectivity index (χ1) is 15.5. The zero-order valence-electron chi connectivity index (χ0n) is 21.0. The molecule has 0 spiro atoms. The minimum absolute atomic E-state index is 0.381. The lowest BCUT2D eigenvalue weighted by atomic mass is 10.1. The molecule has 0 radical (unpaired) electrons. The third kappa shape index (κ3) is 12.9. The standard InChI is InChI=1S/C28H46O4/c1-6-9-10-11-12-13-14-15-16-18-27(32-28(29)23(4)5)31-26(8-3)30-25-21-19-24(17-7-2)20-22-25/h19-22,26-27H,4,6-18H2,1-3,5H3. The second-order valence-corrected chi connectivity index (χ2v) is 8.72. The number of benzene rings is 1. The van der Waals surface area contributed by atoms with Crippen LogP contribution >= 0.6 is 0 Å². The number of aryl methyl sites for hydroxylation is 1. The summed E-state index contributed by atoms with van der Waals surface area (Å²) in [6, 6.07) is 8.14. The molecule has 0 aliphatic rings. The highest BCUT2D eigenvalue weighted by molar-refractivity contribution is 5.87. The van der Waals surface area contributed by atoms with Gasteiger partial charge in [-0.1, -0.05) is 97.3 Å². The van der Waals surface area contributed by atoms with Crippen LogP contribution in [-0.2, 0) is 20.7 Å². The third-order valence-electron chi connectivity index (χ3n) is 5.50. The number of esters is 1. The zero-order chi connectivity index (χ0) is 23.6. The van der Waals surface area contributed by atoms with E-state index in [-0.39, 0.29) is 0 Å². The SMILES string of the molecule is C=C(C)C(=O)OC(CCCCCCCCCCC)OC(CC)Oc1ccc(CCC)cc1. The van der Waals surface area contributed by atoms with Crippen molar-refractivity contribution in [1.82, 2.24) is 0 Å². The summed E-state index contributed by atoms with van der Waals surface area (Å²) in [5.41, 5.74) is 1.68. The molecule has 182 valence electrons. The molecule has 1 aromatic rings. The quantitative estimate of drug-likeness (QED) is 0.0931. The van der Waals surface area contributed by atoms with Crippen molar-refractivity contribution in [2.75, 3.05) is 0 Å². The van der Waals surface area contributed by atoms with Gasteiger partial charge < -0.3 is 14.2 Å². The van der Waals surface area contributed by atoms with Crippen LogP contribution in [-0.4, -0.2) is 18.5 Å². The first kappa shape index (κ1) is 28.2. The molecule has 4 nitrogen and oxygen atoms in total. The van der Waals surface area contributed by atoms with E-state index in [1.54, 1.807) is 6.92 Å². The van der Waals surface area contributed by atoms with E-state index in [9.17, 15) is 4.79 Å². The lowest BCUT2D eigenvalue weighted by molar-refractivity contribution is -0.219. The van der Waals surface area contributed by atoms with E-state index < -0.39 is 18.5 Å². The van der Waals surface area contributed by atoms with E-state index in [0.29, 0.717) is 18.4 Å². The molecule has 0 aliphatic heterocycles. The number of unbranched alkanes of at least 4 members (excludes halogenated alkanes) is 8. The zero-order valence-corrected chi connectivity index (χ0v) is 21.0. The molecule has 4 heteroatoms. The number of hydrogen-bond acceptors (Lipinski definition) is 4. The maximum atomic E-state index is 12.1. The van der Waals surface area contributed by atoms with Crippen LogP contribution in [0.15, 0.2) is 36.4 Å². The monoisotopic (exact) mass is 446 g/mol. The summed E-state index contributed by atoms with van der Waals surface area (Å²) in [6.07, 6.45) is 13.6. The Bertz CT molecular complexity index is 623. The molecule has 0 bridgehead atoms. The van der Waals surface area contributed by atoms with Gasteiger partial charge in [0.25, 0.3) is 0 Å². The molecule has 2 atom stereocenters. The second kappa shape index (κ2) is 17.7. The molecule has 0 heterocycles. The number of carbonyl (C=O) groups excluding carboxylic acids is 1. The highest BCUT2D eigenvalue weighted by Crippen LogP contribution is 2.20. The molecule has 0 saturated heterocycles. The van der Waals surface area contributed by atoms with Gasteiger partial charge >= 0.3 is 5.97 Å². The molecule has 1 rings (SSSR count). The van der Waals surface area contributed by atoms with Crippen LogP contribution in [0.1, 0.15) is 110 Å². The van der Waals surface area contributed by atoms with Crippen molar-refractivity contribution in [3.8, 4) is 5.75 Å². The Morgan fingerprint density at radius 3 is 1.97 bits per heavy atom. The predicted molar refractivity (Wildman–Crippen MR) is 133 cm³/mol. The summed E-state index contributed by atoms with van der Waals surface area (Å²) in [6.45, 7) is 11.8. The molecular weight excluding hydrogens is 400 g/mol. The van der Waals surface area contributed by atoms with Crippen LogP contribution in [0.5, 0.6) is 5.75 Å². The smallest absolute Gasteiger partial charge is 0.335 e. The minimum atomic E-state index is -0.618. The molecule has 2 unspecified atom stereocenters. The minimum Gasteiger partial charge on any atom is -0.465 e. The molecule has 0 fully saturated rings. The first-order valence-electron chi connectivity index (χ1n) is 12.8. The molecule has 0 amide bonds. The summed E-state index contributed by atoms with van der Waals surface area (Å²) in [5, 5.41) is 0. The van der Waals surface area contributed by atoms with Gasteiger partial charge in [-0.15, -0.1) is 0 Å². The third-order valence-corrected chi connectivity index (χ3v) is 5.50. The normalized spacial score (nSPS) is 12.9. The maximum absolute atomic E-state index is 12.1.